The third kappa shape index (κ3) is 2.32. The van der Waals surface area contributed by atoms with Gasteiger partial charge in [-0.1, -0.05) is 59.7 Å². The Bertz CT molecular complexity index is 1750. The molecule has 0 spiro atoms. The lowest BCUT2D eigenvalue weighted by Crippen LogP contribution is -2.10. The first-order valence-corrected chi connectivity index (χ1v) is 11.6. The van der Waals surface area contributed by atoms with Crippen molar-refractivity contribution < 1.29 is 0 Å². The van der Waals surface area contributed by atoms with E-state index in [4.69, 9.17) is 9.97 Å². The maximum atomic E-state index is 5.13. The summed E-state index contributed by atoms with van der Waals surface area (Å²) in [6.45, 7) is 13.5. The molecule has 7 aromatic rings. The minimum atomic E-state index is 0.0830. The molecule has 0 atom stereocenters. The molecule has 4 heterocycles. The van der Waals surface area contributed by atoms with Gasteiger partial charge in [0.25, 0.3) is 0 Å². The van der Waals surface area contributed by atoms with E-state index in [2.05, 4.69) is 109 Å². The highest BCUT2D eigenvalue weighted by Gasteiger charge is 2.24. The number of aromatic nitrogens is 5. The zero-order valence-electron chi connectivity index (χ0n) is 19.9. The summed E-state index contributed by atoms with van der Waals surface area (Å²) in [6, 6.07) is 19.9. The second-order valence-electron chi connectivity index (χ2n) is 11.4. The largest absolute Gasteiger partial charge is 0.276 e. The van der Waals surface area contributed by atoms with Crippen molar-refractivity contribution in [1.82, 2.24) is 23.2 Å². The second-order valence-corrected chi connectivity index (χ2v) is 11.4. The Balaban J connectivity index is 1.65. The lowest BCUT2D eigenvalue weighted by atomic mass is 9.87. The summed E-state index contributed by atoms with van der Waals surface area (Å²) in [5.41, 5.74) is 10.6. The molecule has 5 heteroatoms. The van der Waals surface area contributed by atoms with Crippen molar-refractivity contribution in [2.75, 3.05) is 0 Å². The van der Waals surface area contributed by atoms with Gasteiger partial charge >= 0.3 is 0 Å². The van der Waals surface area contributed by atoms with E-state index < -0.39 is 0 Å². The Kier molecular flexibility index (Phi) is 3.24. The van der Waals surface area contributed by atoms with Crippen molar-refractivity contribution in [2.24, 2.45) is 0 Å². The van der Waals surface area contributed by atoms with Gasteiger partial charge in [-0.05, 0) is 58.4 Å². The first-order valence-electron chi connectivity index (χ1n) is 11.6. The highest BCUT2D eigenvalue weighted by Crippen LogP contribution is 2.36. The summed E-state index contributed by atoms with van der Waals surface area (Å²) in [5, 5.41) is 0. The molecule has 0 bridgehead atoms. The molecule has 0 unspecified atom stereocenters. The normalized spacial score (nSPS) is 13.8. The number of hydrogen-bond acceptors (Lipinski definition) is 2. The number of hydrogen-bond donors (Lipinski definition) is 0. The lowest BCUT2D eigenvalue weighted by molar-refractivity contribution is 0.590. The maximum Gasteiger partial charge on any atom is 0.223 e. The van der Waals surface area contributed by atoms with E-state index in [-0.39, 0.29) is 10.8 Å². The van der Waals surface area contributed by atoms with Crippen LogP contribution in [0.2, 0.25) is 0 Å². The molecule has 0 N–H and O–H groups in total. The van der Waals surface area contributed by atoms with Crippen LogP contribution in [0.25, 0.3) is 50.2 Å². The first kappa shape index (κ1) is 18.9. The van der Waals surface area contributed by atoms with Gasteiger partial charge in [-0.2, -0.15) is 0 Å². The average molecular weight is 434 g/mol. The monoisotopic (exact) mass is 433 g/mol. The smallest absolute Gasteiger partial charge is 0.223 e. The number of rotatable bonds is 0. The standard InChI is InChI=1S/C28H27N5/c1-27(2,3)16-10-12-20-18(14-16)29-25-31(20)22-8-7-9-23-24(22)33(25)26-30-19-15-17(28(4,5)6)11-13-21(19)32(23)26/h7-15H,1-6H3. The molecule has 33 heavy (non-hydrogen) atoms. The Labute approximate surface area is 191 Å². The van der Waals surface area contributed by atoms with Crippen molar-refractivity contribution in [2.45, 2.75) is 52.4 Å². The minimum Gasteiger partial charge on any atom is -0.276 e. The fourth-order valence-electron chi connectivity index (χ4n) is 5.24. The van der Waals surface area contributed by atoms with Crippen LogP contribution < -0.4 is 0 Å². The lowest BCUT2D eigenvalue weighted by Gasteiger charge is -2.18. The van der Waals surface area contributed by atoms with Gasteiger partial charge in [-0.25, -0.2) is 14.4 Å². The van der Waals surface area contributed by atoms with E-state index in [1.165, 1.54) is 27.7 Å². The molecule has 0 radical (unpaired) electrons. The predicted octanol–water partition coefficient (Wildman–Crippen LogP) is 6.73. The number of fused-ring (bicyclic) bond motifs is 10. The van der Waals surface area contributed by atoms with E-state index in [1.807, 2.05) is 0 Å². The molecule has 0 amide bonds. The van der Waals surface area contributed by atoms with Crippen LogP contribution in [0.4, 0.5) is 0 Å². The Morgan fingerprint density at radius 1 is 0.545 bits per heavy atom. The molecule has 0 aliphatic rings. The Hall–Kier alpha value is -3.60. The summed E-state index contributed by atoms with van der Waals surface area (Å²) in [6.07, 6.45) is 0. The Morgan fingerprint density at radius 3 is 1.42 bits per heavy atom. The number of imidazole rings is 4. The SMILES string of the molecule is CC(C)(C)c1ccc2c(c1)nc1n2c2cccc3c2n1c1nc2cc(C(C)(C)C)ccc2n31. The number of nitrogens with zero attached hydrogens (tertiary/aromatic N) is 5. The van der Waals surface area contributed by atoms with Gasteiger partial charge in [0.15, 0.2) is 0 Å². The summed E-state index contributed by atoms with van der Waals surface area (Å²) >= 11 is 0. The van der Waals surface area contributed by atoms with Crippen LogP contribution in [-0.2, 0) is 10.8 Å². The van der Waals surface area contributed by atoms with Crippen LogP contribution in [-0.4, -0.2) is 23.2 Å². The van der Waals surface area contributed by atoms with Crippen LogP contribution >= 0.6 is 0 Å². The summed E-state index contributed by atoms with van der Waals surface area (Å²) in [4.78, 5) is 10.3. The molecule has 5 nitrogen and oxygen atoms in total. The summed E-state index contributed by atoms with van der Waals surface area (Å²) < 4.78 is 6.80. The van der Waals surface area contributed by atoms with Crippen LogP contribution in [0.15, 0.2) is 54.6 Å². The van der Waals surface area contributed by atoms with Crippen LogP contribution in [0.3, 0.4) is 0 Å². The summed E-state index contributed by atoms with van der Waals surface area (Å²) in [5.74, 6) is 1.84. The maximum absolute atomic E-state index is 5.13. The molecule has 3 aromatic carbocycles. The zero-order chi connectivity index (χ0) is 22.9. The number of para-hydroxylation sites is 1. The van der Waals surface area contributed by atoms with Crippen LogP contribution in [0.1, 0.15) is 52.7 Å². The van der Waals surface area contributed by atoms with Crippen LogP contribution in [0.5, 0.6) is 0 Å². The zero-order valence-corrected chi connectivity index (χ0v) is 19.9. The molecule has 0 saturated carbocycles. The van der Waals surface area contributed by atoms with Gasteiger partial charge in [0.2, 0.25) is 11.6 Å². The van der Waals surface area contributed by atoms with Crippen molar-refractivity contribution in [3.05, 3.63) is 65.7 Å². The van der Waals surface area contributed by atoms with Crippen molar-refractivity contribution in [3.8, 4) is 0 Å². The van der Waals surface area contributed by atoms with Crippen molar-refractivity contribution in [3.63, 3.8) is 0 Å². The Morgan fingerprint density at radius 2 is 1.00 bits per heavy atom. The topological polar surface area (TPSA) is 39.0 Å². The van der Waals surface area contributed by atoms with Gasteiger partial charge in [-0.15, -0.1) is 0 Å². The van der Waals surface area contributed by atoms with Crippen molar-refractivity contribution >= 4 is 50.2 Å². The van der Waals surface area contributed by atoms with E-state index in [1.54, 1.807) is 0 Å². The molecule has 0 aliphatic carbocycles. The van der Waals surface area contributed by atoms with Gasteiger partial charge in [0.1, 0.15) is 5.52 Å². The fraction of sp³-hybridized carbons (Fsp3) is 0.286. The van der Waals surface area contributed by atoms with E-state index in [0.29, 0.717) is 0 Å². The third-order valence-corrected chi connectivity index (χ3v) is 7.10. The van der Waals surface area contributed by atoms with Gasteiger partial charge < -0.3 is 0 Å². The molecule has 7 rings (SSSR count). The van der Waals surface area contributed by atoms with E-state index in [0.717, 1.165) is 33.6 Å². The first-order chi connectivity index (χ1) is 15.6. The predicted molar refractivity (Wildman–Crippen MR) is 136 cm³/mol. The summed E-state index contributed by atoms with van der Waals surface area (Å²) in [7, 11) is 0. The molecule has 0 fully saturated rings. The van der Waals surface area contributed by atoms with E-state index in [9.17, 15) is 0 Å². The minimum absolute atomic E-state index is 0.0830. The molecule has 0 saturated heterocycles. The molecular weight excluding hydrogens is 406 g/mol. The van der Waals surface area contributed by atoms with Gasteiger partial charge in [0.05, 0.1) is 33.1 Å². The molecule has 0 aliphatic heterocycles. The molecule has 4 aromatic heterocycles. The fourth-order valence-corrected chi connectivity index (χ4v) is 5.24. The number of benzene rings is 3. The highest BCUT2D eigenvalue weighted by atomic mass is 15.3. The van der Waals surface area contributed by atoms with Gasteiger partial charge in [0, 0.05) is 0 Å². The van der Waals surface area contributed by atoms with Crippen molar-refractivity contribution in [1.29, 1.82) is 0 Å². The second kappa shape index (κ2) is 5.66. The third-order valence-electron chi connectivity index (χ3n) is 7.10. The molecule has 164 valence electrons. The quantitative estimate of drug-likeness (QED) is 0.266. The highest BCUT2D eigenvalue weighted by molar-refractivity contribution is 6.03. The van der Waals surface area contributed by atoms with Crippen LogP contribution in [0, 0.1) is 0 Å². The van der Waals surface area contributed by atoms with E-state index >= 15 is 0 Å². The average Bonchev–Trinajstić information content (AvgIpc) is 3.45. The molecular formula is C28H27N5. The van der Waals surface area contributed by atoms with Gasteiger partial charge in [-0.3, -0.25) is 8.80 Å².